The molecule has 18 heavy (non-hydrogen) atoms. The van der Waals surface area contributed by atoms with Crippen LogP contribution in [0.5, 0.6) is 5.75 Å². The molecule has 4 nitrogen and oxygen atoms in total. The predicted octanol–water partition coefficient (Wildman–Crippen LogP) is 2.91. The lowest BCUT2D eigenvalue weighted by Crippen LogP contribution is -2.11. The third-order valence-electron chi connectivity index (χ3n) is 3.02. The average Bonchev–Trinajstić information content (AvgIpc) is 2.76. The molecule has 0 aliphatic rings. The van der Waals surface area contributed by atoms with Gasteiger partial charge >= 0.3 is 0 Å². The van der Waals surface area contributed by atoms with E-state index in [1.165, 1.54) is 0 Å². The number of ether oxygens (including phenoxy) is 1. The number of hydrogen-bond donors (Lipinski definition) is 1. The second-order valence-corrected chi connectivity index (χ2v) is 4.45. The minimum Gasteiger partial charge on any atom is -0.496 e. The second-order valence-electron chi connectivity index (χ2n) is 4.45. The van der Waals surface area contributed by atoms with Crippen LogP contribution in [0.2, 0.25) is 0 Å². The van der Waals surface area contributed by atoms with Gasteiger partial charge in [0.1, 0.15) is 11.6 Å². The van der Waals surface area contributed by atoms with Crippen molar-refractivity contribution in [3.05, 3.63) is 42.0 Å². The minimum atomic E-state index is 0.165. The molecule has 0 fully saturated rings. The van der Waals surface area contributed by atoms with E-state index in [1.54, 1.807) is 7.11 Å². The quantitative estimate of drug-likeness (QED) is 0.900. The molecule has 1 N–H and O–H groups in total. The summed E-state index contributed by atoms with van der Waals surface area (Å²) in [6, 6.07) is 6.24. The largest absolute Gasteiger partial charge is 0.496 e. The van der Waals surface area contributed by atoms with Gasteiger partial charge in [0.25, 0.3) is 0 Å². The number of aromatic nitrogens is 2. The van der Waals surface area contributed by atoms with Crippen LogP contribution in [0.1, 0.15) is 24.4 Å². The molecule has 0 aliphatic carbocycles. The molecule has 1 atom stereocenters. The van der Waals surface area contributed by atoms with Gasteiger partial charge in [-0.15, -0.1) is 0 Å². The molecule has 0 spiro atoms. The molecule has 0 saturated carbocycles. The fourth-order valence-electron chi connectivity index (χ4n) is 2.08. The Labute approximate surface area is 108 Å². The molecule has 2 rings (SSSR count). The Morgan fingerprint density at radius 2 is 2.17 bits per heavy atom. The van der Waals surface area contributed by atoms with Crippen LogP contribution in [0.3, 0.4) is 0 Å². The SMILES string of the molecule is COc1ccc(NC(C)c2nccn2C)cc1C. The van der Waals surface area contributed by atoms with Gasteiger partial charge in [-0.2, -0.15) is 0 Å². The Morgan fingerprint density at radius 3 is 2.72 bits per heavy atom. The van der Waals surface area contributed by atoms with Crippen molar-refractivity contribution in [3.8, 4) is 5.75 Å². The Hall–Kier alpha value is -1.97. The predicted molar refractivity (Wildman–Crippen MR) is 73.0 cm³/mol. The molecule has 0 amide bonds. The molecule has 0 aliphatic heterocycles. The highest BCUT2D eigenvalue weighted by molar-refractivity contribution is 5.51. The first-order valence-corrected chi connectivity index (χ1v) is 6.00. The highest BCUT2D eigenvalue weighted by Gasteiger charge is 2.10. The van der Waals surface area contributed by atoms with E-state index >= 15 is 0 Å². The van der Waals surface area contributed by atoms with E-state index in [0.29, 0.717) is 0 Å². The van der Waals surface area contributed by atoms with Crippen molar-refractivity contribution >= 4 is 5.69 Å². The molecule has 1 heterocycles. The van der Waals surface area contributed by atoms with Crippen molar-refractivity contribution in [1.82, 2.24) is 9.55 Å². The Kier molecular flexibility index (Phi) is 3.55. The van der Waals surface area contributed by atoms with Crippen molar-refractivity contribution in [1.29, 1.82) is 0 Å². The molecular weight excluding hydrogens is 226 g/mol. The third-order valence-corrected chi connectivity index (χ3v) is 3.02. The summed E-state index contributed by atoms with van der Waals surface area (Å²) in [4.78, 5) is 4.34. The van der Waals surface area contributed by atoms with Gasteiger partial charge in [0, 0.05) is 25.1 Å². The lowest BCUT2D eigenvalue weighted by Gasteiger charge is -2.16. The fourth-order valence-corrected chi connectivity index (χ4v) is 2.08. The van der Waals surface area contributed by atoms with E-state index in [4.69, 9.17) is 4.74 Å². The molecule has 1 unspecified atom stereocenters. The number of anilines is 1. The van der Waals surface area contributed by atoms with Crippen LogP contribution < -0.4 is 10.1 Å². The third kappa shape index (κ3) is 2.47. The summed E-state index contributed by atoms with van der Waals surface area (Å²) in [5.74, 6) is 1.92. The van der Waals surface area contributed by atoms with Crippen LogP contribution in [0.25, 0.3) is 0 Å². The summed E-state index contributed by atoms with van der Waals surface area (Å²) in [6.07, 6.45) is 3.76. The molecule has 2 aromatic rings. The van der Waals surface area contributed by atoms with E-state index in [2.05, 4.69) is 23.3 Å². The van der Waals surface area contributed by atoms with Gasteiger partial charge in [-0.3, -0.25) is 0 Å². The molecule has 0 radical (unpaired) electrons. The van der Waals surface area contributed by atoms with E-state index in [-0.39, 0.29) is 6.04 Å². The van der Waals surface area contributed by atoms with Crippen LogP contribution in [0, 0.1) is 6.92 Å². The number of rotatable bonds is 4. The zero-order chi connectivity index (χ0) is 13.1. The summed E-state index contributed by atoms with van der Waals surface area (Å²) < 4.78 is 7.27. The zero-order valence-corrected chi connectivity index (χ0v) is 11.3. The van der Waals surface area contributed by atoms with Gasteiger partial charge < -0.3 is 14.6 Å². The average molecular weight is 245 g/mol. The first-order valence-electron chi connectivity index (χ1n) is 6.00. The summed E-state index contributed by atoms with van der Waals surface area (Å²) >= 11 is 0. The van der Waals surface area contributed by atoms with Gasteiger partial charge in [-0.05, 0) is 37.6 Å². The van der Waals surface area contributed by atoms with Gasteiger partial charge in [0.05, 0.1) is 13.2 Å². The molecule has 0 saturated heterocycles. The number of imidazole rings is 1. The number of methoxy groups -OCH3 is 1. The van der Waals surface area contributed by atoms with Crippen LogP contribution in [-0.2, 0) is 7.05 Å². The summed E-state index contributed by atoms with van der Waals surface area (Å²) in [7, 11) is 3.69. The standard InChI is InChI=1S/C14H19N3O/c1-10-9-12(5-6-13(10)18-4)16-11(2)14-15-7-8-17(14)3/h5-9,11,16H,1-4H3. The molecular formula is C14H19N3O. The monoisotopic (exact) mass is 245 g/mol. The maximum Gasteiger partial charge on any atom is 0.130 e. The van der Waals surface area contributed by atoms with E-state index in [0.717, 1.165) is 22.8 Å². The van der Waals surface area contributed by atoms with E-state index < -0.39 is 0 Å². The lowest BCUT2D eigenvalue weighted by molar-refractivity contribution is 0.412. The van der Waals surface area contributed by atoms with Crippen molar-refractivity contribution in [2.24, 2.45) is 7.05 Å². The number of nitrogens with zero attached hydrogens (tertiary/aromatic N) is 2. The summed E-state index contributed by atoms with van der Waals surface area (Å²) in [5.41, 5.74) is 2.19. The summed E-state index contributed by atoms with van der Waals surface area (Å²) in [5, 5.41) is 3.44. The Morgan fingerprint density at radius 1 is 1.39 bits per heavy atom. The Bertz CT molecular complexity index is 534. The normalized spacial score (nSPS) is 12.2. The van der Waals surface area contributed by atoms with Gasteiger partial charge in [-0.1, -0.05) is 0 Å². The number of hydrogen-bond acceptors (Lipinski definition) is 3. The molecule has 1 aromatic heterocycles. The lowest BCUT2D eigenvalue weighted by atomic mass is 10.2. The number of aryl methyl sites for hydroxylation is 2. The van der Waals surface area contributed by atoms with Crippen molar-refractivity contribution < 1.29 is 4.74 Å². The zero-order valence-electron chi connectivity index (χ0n) is 11.3. The smallest absolute Gasteiger partial charge is 0.130 e. The van der Waals surface area contributed by atoms with Gasteiger partial charge in [0.2, 0.25) is 0 Å². The van der Waals surface area contributed by atoms with Crippen LogP contribution in [0.4, 0.5) is 5.69 Å². The van der Waals surface area contributed by atoms with E-state index in [9.17, 15) is 0 Å². The highest BCUT2D eigenvalue weighted by Crippen LogP contribution is 2.24. The van der Waals surface area contributed by atoms with Gasteiger partial charge in [-0.25, -0.2) is 4.98 Å². The first-order chi connectivity index (χ1) is 8.61. The van der Waals surface area contributed by atoms with Crippen molar-refractivity contribution in [2.45, 2.75) is 19.9 Å². The maximum atomic E-state index is 5.25. The second kappa shape index (κ2) is 5.12. The maximum absolute atomic E-state index is 5.25. The Balaban J connectivity index is 2.15. The topological polar surface area (TPSA) is 39.1 Å². The summed E-state index contributed by atoms with van der Waals surface area (Å²) in [6.45, 7) is 4.14. The number of nitrogens with one attached hydrogen (secondary N) is 1. The fraction of sp³-hybridized carbons (Fsp3) is 0.357. The molecule has 1 aromatic carbocycles. The van der Waals surface area contributed by atoms with Crippen molar-refractivity contribution in [3.63, 3.8) is 0 Å². The molecule has 0 bridgehead atoms. The van der Waals surface area contributed by atoms with Gasteiger partial charge in [0.15, 0.2) is 0 Å². The van der Waals surface area contributed by atoms with Crippen LogP contribution >= 0.6 is 0 Å². The van der Waals surface area contributed by atoms with E-state index in [1.807, 2.05) is 43.1 Å². The molecule has 96 valence electrons. The van der Waals surface area contributed by atoms with Crippen LogP contribution in [-0.4, -0.2) is 16.7 Å². The first kappa shape index (κ1) is 12.5. The van der Waals surface area contributed by atoms with Crippen LogP contribution in [0.15, 0.2) is 30.6 Å². The number of benzene rings is 1. The molecule has 4 heteroatoms. The van der Waals surface area contributed by atoms with Crippen molar-refractivity contribution in [2.75, 3.05) is 12.4 Å². The highest BCUT2D eigenvalue weighted by atomic mass is 16.5. The minimum absolute atomic E-state index is 0.165.